The first-order valence-electron chi connectivity index (χ1n) is 6.02. The number of hydrogen-bond acceptors (Lipinski definition) is 4. The summed E-state index contributed by atoms with van der Waals surface area (Å²) in [7, 11) is 0. The van der Waals surface area contributed by atoms with Crippen molar-refractivity contribution in [2.24, 2.45) is 5.73 Å². The molecule has 2 atom stereocenters. The molecule has 0 bridgehead atoms. The highest BCUT2D eigenvalue weighted by molar-refractivity contribution is 6.02. The fraction of sp³-hybridized carbons (Fsp3) is 0.308. The summed E-state index contributed by atoms with van der Waals surface area (Å²) in [4.78, 5) is 34.4. The van der Waals surface area contributed by atoms with Crippen LogP contribution in [0.3, 0.4) is 0 Å². The Bertz CT molecular complexity index is 501. The topological polar surface area (TPSA) is 101 Å². The molecule has 1 aromatic carbocycles. The molecule has 1 aromatic rings. The molecule has 0 spiro atoms. The maximum absolute atomic E-state index is 11.9. The van der Waals surface area contributed by atoms with Crippen LogP contribution in [-0.4, -0.2) is 23.8 Å². The molecule has 19 heavy (non-hydrogen) atoms. The Hall–Kier alpha value is -2.21. The number of nitrogens with one attached hydrogen (secondary N) is 2. The van der Waals surface area contributed by atoms with Crippen molar-refractivity contribution in [3.8, 4) is 0 Å². The largest absolute Gasteiger partial charge is 0.343 e. The van der Waals surface area contributed by atoms with Gasteiger partial charge in [-0.1, -0.05) is 30.3 Å². The van der Waals surface area contributed by atoms with E-state index < -0.39 is 23.9 Å². The fourth-order valence-corrected chi connectivity index (χ4v) is 1.90. The Morgan fingerprint density at radius 1 is 1.32 bits per heavy atom. The van der Waals surface area contributed by atoms with E-state index in [2.05, 4.69) is 10.6 Å². The zero-order chi connectivity index (χ0) is 13.8. The van der Waals surface area contributed by atoms with Crippen molar-refractivity contribution in [1.82, 2.24) is 10.6 Å². The lowest BCUT2D eigenvalue weighted by molar-refractivity contribution is -0.137. The Balaban J connectivity index is 1.98. The van der Waals surface area contributed by atoms with E-state index in [1.165, 1.54) is 0 Å². The van der Waals surface area contributed by atoms with Gasteiger partial charge in [0.1, 0.15) is 12.1 Å². The first-order chi connectivity index (χ1) is 9.08. The zero-order valence-corrected chi connectivity index (χ0v) is 10.3. The van der Waals surface area contributed by atoms with Gasteiger partial charge in [0.2, 0.25) is 17.7 Å². The van der Waals surface area contributed by atoms with Gasteiger partial charge in [-0.3, -0.25) is 19.7 Å². The van der Waals surface area contributed by atoms with Gasteiger partial charge in [-0.05, 0) is 12.0 Å². The van der Waals surface area contributed by atoms with E-state index in [-0.39, 0.29) is 12.3 Å². The summed E-state index contributed by atoms with van der Waals surface area (Å²) < 4.78 is 0. The maximum Gasteiger partial charge on any atom is 0.249 e. The van der Waals surface area contributed by atoms with Gasteiger partial charge in [-0.25, -0.2) is 0 Å². The van der Waals surface area contributed by atoms with E-state index in [1.807, 2.05) is 6.07 Å². The number of hydrogen-bond donors (Lipinski definition) is 3. The van der Waals surface area contributed by atoms with Crippen LogP contribution in [-0.2, 0) is 14.4 Å². The Kier molecular flexibility index (Phi) is 3.91. The third-order valence-electron chi connectivity index (χ3n) is 3.00. The highest BCUT2D eigenvalue weighted by Gasteiger charge is 2.29. The molecule has 0 radical (unpaired) electrons. The van der Waals surface area contributed by atoms with Gasteiger partial charge < -0.3 is 11.1 Å². The highest BCUT2D eigenvalue weighted by atomic mass is 16.2. The van der Waals surface area contributed by atoms with Crippen LogP contribution in [0.1, 0.15) is 24.4 Å². The Morgan fingerprint density at radius 2 is 2.00 bits per heavy atom. The van der Waals surface area contributed by atoms with Crippen LogP contribution in [0.4, 0.5) is 0 Å². The number of carbonyl (C=O) groups excluding carboxylic acids is 3. The van der Waals surface area contributed by atoms with Crippen LogP contribution in [0.5, 0.6) is 0 Å². The molecule has 100 valence electrons. The quantitative estimate of drug-likeness (QED) is 0.645. The summed E-state index contributed by atoms with van der Waals surface area (Å²) in [5.41, 5.74) is 6.49. The molecule has 2 rings (SSSR count). The van der Waals surface area contributed by atoms with Gasteiger partial charge in [-0.15, -0.1) is 0 Å². The number of rotatable bonds is 3. The maximum atomic E-state index is 11.9. The zero-order valence-electron chi connectivity index (χ0n) is 10.3. The molecule has 0 aromatic heterocycles. The van der Waals surface area contributed by atoms with Crippen molar-refractivity contribution in [3.63, 3.8) is 0 Å². The normalized spacial score (nSPS) is 20.6. The molecule has 1 aliphatic rings. The van der Waals surface area contributed by atoms with Crippen molar-refractivity contribution in [2.75, 3.05) is 0 Å². The molecular weight excluding hydrogens is 246 g/mol. The lowest BCUT2D eigenvalue weighted by atomic mass is 10.0. The predicted molar refractivity (Wildman–Crippen MR) is 67.7 cm³/mol. The number of amides is 3. The smallest absolute Gasteiger partial charge is 0.249 e. The van der Waals surface area contributed by atoms with Crippen LogP contribution in [0.25, 0.3) is 0 Å². The molecule has 3 amide bonds. The molecule has 0 saturated carbocycles. The summed E-state index contributed by atoms with van der Waals surface area (Å²) in [6.45, 7) is 0. The van der Waals surface area contributed by atoms with Crippen molar-refractivity contribution in [2.45, 2.75) is 24.9 Å². The second-order valence-electron chi connectivity index (χ2n) is 4.40. The predicted octanol–water partition coefficient (Wildman–Crippen LogP) is -0.392. The van der Waals surface area contributed by atoms with E-state index in [1.54, 1.807) is 24.3 Å². The van der Waals surface area contributed by atoms with Crippen molar-refractivity contribution in [1.29, 1.82) is 0 Å². The van der Waals surface area contributed by atoms with Crippen molar-refractivity contribution in [3.05, 3.63) is 35.9 Å². The van der Waals surface area contributed by atoms with E-state index in [9.17, 15) is 14.4 Å². The third kappa shape index (κ3) is 3.17. The van der Waals surface area contributed by atoms with Crippen LogP contribution in [0.2, 0.25) is 0 Å². The van der Waals surface area contributed by atoms with E-state index in [0.717, 1.165) is 0 Å². The minimum absolute atomic E-state index is 0.220. The van der Waals surface area contributed by atoms with Gasteiger partial charge in [0, 0.05) is 6.42 Å². The van der Waals surface area contributed by atoms with Gasteiger partial charge >= 0.3 is 0 Å². The molecule has 6 nitrogen and oxygen atoms in total. The molecule has 1 aliphatic heterocycles. The average Bonchev–Trinajstić information content (AvgIpc) is 2.42. The fourth-order valence-electron chi connectivity index (χ4n) is 1.90. The second kappa shape index (κ2) is 5.62. The average molecular weight is 261 g/mol. The van der Waals surface area contributed by atoms with Crippen LogP contribution in [0.15, 0.2) is 30.3 Å². The molecule has 4 N–H and O–H groups in total. The van der Waals surface area contributed by atoms with Gasteiger partial charge in [-0.2, -0.15) is 0 Å². The molecule has 0 aliphatic carbocycles. The lowest BCUT2D eigenvalue weighted by Gasteiger charge is -2.23. The first-order valence-corrected chi connectivity index (χ1v) is 6.02. The van der Waals surface area contributed by atoms with Gasteiger partial charge in [0.05, 0.1) is 0 Å². The molecule has 2 unspecified atom stereocenters. The van der Waals surface area contributed by atoms with Crippen molar-refractivity contribution >= 4 is 17.7 Å². The second-order valence-corrected chi connectivity index (χ2v) is 4.40. The van der Waals surface area contributed by atoms with Gasteiger partial charge in [0.25, 0.3) is 0 Å². The third-order valence-corrected chi connectivity index (χ3v) is 3.00. The van der Waals surface area contributed by atoms with Gasteiger partial charge in [0.15, 0.2) is 0 Å². The Labute approximate surface area is 110 Å². The SMILES string of the molecule is NC(C(=O)NC1CCC(=O)NC1=O)c1ccccc1. The monoisotopic (exact) mass is 261 g/mol. The Morgan fingerprint density at radius 3 is 2.63 bits per heavy atom. The van der Waals surface area contributed by atoms with E-state index in [4.69, 9.17) is 5.73 Å². The van der Waals surface area contributed by atoms with Crippen LogP contribution in [0, 0.1) is 0 Å². The number of carbonyl (C=O) groups is 3. The highest BCUT2D eigenvalue weighted by Crippen LogP contribution is 2.11. The van der Waals surface area contributed by atoms with E-state index in [0.29, 0.717) is 12.0 Å². The number of nitrogens with two attached hydrogens (primary N) is 1. The summed E-state index contributed by atoms with van der Waals surface area (Å²) in [5.74, 6) is -1.23. The van der Waals surface area contributed by atoms with E-state index >= 15 is 0 Å². The number of imide groups is 1. The molecular formula is C13H15N3O3. The van der Waals surface area contributed by atoms with Crippen LogP contribution < -0.4 is 16.4 Å². The summed E-state index contributed by atoms with van der Waals surface area (Å²) in [6.07, 6.45) is 0.523. The number of benzene rings is 1. The standard InChI is InChI=1S/C13H15N3O3/c14-11(8-4-2-1-3-5-8)13(19)15-9-6-7-10(17)16-12(9)18/h1-5,9,11H,6-7,14H2,(H,15,19)(H,16,17,18). The summed E-state index contributed by atoms with van der Waals surface area (Å²) >= 11 is 0. The number of piperidine rings is 1. The van der Waals surface area contributed by atoms with Crippen molar-refractivity contribution < 1.29 is 14.4 Å². The lowest BCUT2D eigenvalue weighted by Crippen LogP contribution is -2.53. The first kappa shape index (κ1) is 13.2. The molecule has 1 fully saturated rings. The molecule has 6 heteroatoms. The summed E-state index contributed by atoms with van der Waals surface area (Å²) in [6, 6.07) is 7.37. The summed E-state index contributed by atoms with van der Waals surface area (Å²) in [5, 5.41) is 4.74. The molecule has 1 heterocycles. The molecule has 1 saturated heterocycles. The minimum Gasteiger partial charge on any atom is -0.343 e. The van der Waals surface area contributed by atoms with Crippen LogP contribution >= 0.6 is 0 Å². The minimum atomic E-state index is -0.827.